The van der Waals surface area contributed by atoms with Crippen LogP contribution in [0.25, 0.3) is 0 Å². The summed E-state index contributed by atoms with van der Waals surface area (Å²) in [7, 11) is 0. The average molecular weight is 128 g/mol. The summed E-state index contributed by atoms with van der Waals surface area (Å²) >= 11 is 0. The van der Waals surface area contributed by atoms with Gasteiger partial charge in [0.25, 0.3) is 0 Å². The third-order valence-corrected chi connectivity index (χ3v) is 1.29. The van der Waals surface area contributed by atoms with Gasteiger partial charge in [0.05, 0.1) is 18.6 Å². The highest BCUT2D eigenvalue weighted by molar-refractivity contribution is 4.95. The SMILES string of the molecule is C#C[C@H](CO)[C@H](O)CC. The molecule has 0 amide bonds. The summed E-state index contributed by atoms with van der Waals surface area (Å²) in [6.45, 7) is 1.69. The van der Waals surface area contributed by atoms with E-state index in [-0.39, 0.29) is 6.61 Å². The van der Waals surface area contributed by atoms with Crippen molar-refractivity contribution in [2.24, 2.45) is 5.92 Å². The summed E-state index contributed by atoms with van der Waals surface area (Å²) < 4.78 is 0. The van der Waals surface area contributed by atoms with Gasteiger partial charge in [-0.05, 0) is 6.42 Å². The average Bonchev–Trinajstić information content (AvgIpc) is 1.90. The second-order valence-corrected chi connectivity index (χ2v) is 1.93. The standard InChI is InChI=1S/C7H12O2/c1-3-6(5-8)7(9)4-2/h1,6-9H,4-5H2,2H3/t6-,7-/m1/s1. The smallest absolute Gasteiger partial charge is 0.0697 e. The summed E-state index contributed by atoms with van der Waals surface area (Å²) in [5.74, 6) is 1.91. The van der Waals surface area contributed by atoms with E-state index in [0.29, 0.717) is 6.42 Å². The van der Waals surface area contributed by atoms with Gasteiger partial charge in [0.2, 0.25) is 0 Å². The lowest BCUT2D eigenvalue weighted by atomic mass is 10.0. The first-order chi connectivity index (χ1) is 4.26. The fourth-order valence-electron chi connectivity index (χ4n) is 0.570. The van der Waals surface area contributed by atoms with E-state index in [2.05, 4.69) is 5.92 Å². The minimum absolute atomic E-state index is 0.133. The van der Waals surface area contributed by atoms with Crippen molar-refractivity contribution in [1.29, 1.82) is 0 Å². The van der Waals surface area contributed by atoms with Crippen molar-refractivity contribution in [2.45, 2.75) is 19.4 Å². The molecule has 0 bridgehead atoms. The molecule has 0 unspecified atom stereocenters. The Kier molecular flexibility index (Phi) is 4.12. The topological polar surface area (TPSA) is 40.5 Å². The molecule has 0 aromatic carbocycles. The van der Waals surface area contributed by atoms with Crippen LogP contribution in [0.5, 0.6) is 0 Å². The highest BCUT2D eigenvalue weighted by atomic mass is 16.3. The molecular weight excluding hydrogens is 116 g/mol. The third-order valence-electron chi connectivity index (χ3n) is 1.29. The van der Waals surface area contributed by atoms with Gasteiger partial charge in [-0.2, -0.15) is 0 Å². The molecule has 52 valence electrons. The van der Waals surface area contributed by atoms with Crippen molar-refractivity contribution >= 4 is 0 Å². The summed E-state index contributed by atoms with van der Waals surface area (Å²) in [5.41, 5.74) is 0. The highest BCUT2D eigenvalue weighted by Crippen LogP contribution is 2.03. The zero-order valence-corrected chi connectivity index (χ0v) is 5.54. The van der Waals surface area contributed by atoms with Crippen LogP contribution in [0.1, 0.15) is 13.3 Å². The van der Waals surface area contributed by atoms with E-state index in [1.165, 1.54) is 0 Å². The second kappa shape index (κ2) is 4.37. The molecule has 0 fully saturated rings. The first kappa shape index (κ1) is 8.48. The molecule has 2 atom stereocenters. The van der Waals surface area contributed by atoms with Gasteiger partial charge in [0.1, 0.15) is 0 Å². The zero-order valence-electron chi connectivity index (χ0n) is 5.54. The Morgan fingerprint density at radius 3 is 2.33 bits per heavy atom. The van der Waals surface area contributed by atoms with Gasteiger partial charge < -0.3 is 10.2 Å². The molecule has 0 heterocycles. The fourth-order valence-corrected chi connectivity index (χ4v) is 0.570. The van der Waals surface area contributed by atoms with E-state index >= 15 is 0 Å². The van der Waals surface area contributed by atoms with Crippen LogP contribution in [0, 0.1) is 18.3 Å². The lowest BCUT2D eigenvalue weighted by Gasteiger charge is -2.12. The zero-order chi connectivity index (χ0) is 7.28. The Balaban J connectivity index is 3.68. The molecule has 0 aromatic heterocycles. The maximum absolute atomic E-state index is 9.02. The van der Waals surface area contributed by atoms with E-state index in [1.54, 1.807) is 0 Å². The van der Waals surface area contributed by atoms with Crippen molar-refractivity contribution in [3.63, 3.8) is 0 Å². The van der Waals surface area contributed by atoms with Crippen molar-refractivity contribution in [3.05, 3.63) is 0 Å². The van der Waals surface area contributed by atoms with E-state index < -0.39 is 12.0 Å². The Morgan fingerprint density at radius 2 is 2.22 bits per heavy atom. The maximum atomic E-state index is 9.02. The number of aliphatic hydroxyl groups is 2. The van der Waals surface area contributed by atoms with Crippen LogP contribution in [0.15, 0.2) is 0 Å². The van der Waals surface area contributed by atoms with Crippen LogP contribution in [0.2, 0.25) is 0 Å². The molecule has 0 rings (SSSR count). The van der Waals surface area contributed by atoms with Gasteiger partial charge in [0.15, 0.2) is 0 Å². The molecule has 0 spiro atoms. The predicted octanol–water partition coefficient (Wildman–Crippen LogP) is -0.00100. The fraction of sp³-hybridized carbons (Fsp3) is 0.714. The van der Waals surface area contributed by atoms with Gasteiger partial charge >= 0.3 is 0 Å². The van der Waals surface area contributed by atoms with E-state index in [9.17, 15) is 0 Å². The molecule has 0 saturated carbocycles. The van der Waals surface area contributed by atoms with E-state index in [4.69, 9.17) is 16.6 Å². The Bertz CT molecular complexity index is 104. The van der Waals surface area contributed by atoms with Crippen LogP contribution in [0.4, 0.5) is 0 Å². The van der Waals surface area contributed by atoms with E-state index in [1.807, 2.05) is 6.92 Å². The lowest BCUT2D eigenvalue weighted by Crippen LogP contribution is -2.20. The molecule has 0 radical (unpaired) electrons. The van der Waals surface area contributed by atoms with Gasteiger partial charge in [-0.1, -0.05) is 12.8 Å². The number of hydrogen-bond donors (Lipinski definition) is 2. The molecule has 0 aliphatic rings. The quantitative estimate of drug-likeness (QED) is 0.525. The van der Waals surface area contributed by atoms with Gasteiger partial charge in [-0.15, -0.1) is 6.42 Å². The van der Waals surface area contributed by atoms with Crippen molar-refractivity contribution in [3.8, 4) is 12.3 Å². The summed E-state index contributed by atoms with van der Waals surface area (Å²) in [4.78, 5) is 0. The van der Waals surface area contributed by atoms with Gasteiger partial charge in [-0.3, -0.25) is 0 Å². The first-order valence-electron chi connectivity index (χ1n) is 3.01. The molecule has 2 N–H and O–H groups in total. The van der Waals surface area contributed by atoms with Crippen molar-refractivity contribution in [1.82, 2.24) is 0 Å². The third kappa shape index (κ3) is 2.50. The number of terminal acetylenes is 1. The Labute approximate surface area is 55.5 Å². The normalized spacial score (nSPS) is 16.2. The van der Waals surface area contributed by atoms with E-state index in [0.717, 1.165) is 0 Å². The molecule has 9 heavy (non-hydrogen) atoms. The highest BCUT2D eigenvalue weighted by Gasteiger charge is 2.12. The summed E-state index contributed by atoms with van der Waals surface area (Å²) in [6.07, 6.45) is 5.03. The van der Waals surface area contributed by atoms with Crippen LogP contribution in [-0.4, -0.2) is 22.9 Å². The monoisotopic (exact) mass is 128 g/mol. The number of rotatable bonds is 3. The molecule has 0 aliphatic heterocycles. The maximum Gasteiger partial charge on any atom is 0.0697 e. The minimum Gasteiger partial charge on any atom is -0.395 e. The predicted molar refractivity (Wildman–Crippen MR) is 35.7 cm³/mol. The van der Waals surface area contributed by atoms with Crippen LogP contribution in [-0.2, 0) is 0 Å². The summed E-state index contributed by atoms with van der Waals surface area (Å²) in [5, 5.41) is 17.5. The van der Waals surface area contributed by atoms with Crippen molar-refractivity contribution < 1.29 is 10.2 Å². The van der Waals surface area contributed by atoms with Crippen molar-refractivity contribution in [2.75, 3.05) is 6.61 Å². The Morgan fingerprint density at radius 1 is 1.67 bits per heavy atom. The summed E-state index contributed by atoms with van der Waals surface area (Å²) in [6, 6.07) is 0. The minimum atomic E-state index is -0.556. The Hall–Kier alpha value is -0.520. The second-order valence-electron chi connectivity index (χ2n) is 1.93. The van der Waals surface area contributed by atoms with Gasteiger partial charge in [-0.25, -0.2) is 0 Å². The van der Waals surface area contributed by atoms with Crippen LogP contribution in [0.3, 0.4) is 0 Å². The largest absolute Gasteiger partial charge is 0.395 e. The molecule has 0 aromatic rings. The van der Waals surface area contributed by atoms with Crippen LogP contribution >= 0.6 is 0 Å². The number of hydrogen-bond acceptors (Lipinski definition) is 2. The lowest BCUT2D eigenvalue weighted by molar-refractivity contribution is 0.0934. The molecule has 2 nitrogen and oxygen atoms in total. The van der Waals surface area contributed by atoms with Gasteiger partial charge in [0, 0.05) is 0 Å². The van der Waals surface area contributed by atoms with Crippen LogP contribution < -0.4 is 0 Å². The first-order valence-corrected chi connectivity index (χ1v) is 3.01. The molecule has 0 saturated heterocycles. The number of aliphatic hydroxyl groups excluding tert-OH is 2. The molecule has 2 heteroatoms. The molecule has 0 aliphatic carbocycles. The molecular formula is C7H12O2.